The molecule has 2 N–H and O–H groups in total. The van der Waals surface area contributed by atoms with Crippen LogP contribution in [0, 0.1) is 4.77 Å². The summed E-state index contributed by atoms with van der Waals surface area (Å²) in [6.07, 6.45) is 0.371. The van der Waals surface area contributed by atoms with Gasteiger partial charge < -0.3 is 5.32 Å². The molecule has 0 atom stereocenters. The van der Waals surface area contributed by atoms with Crippen molar-refractivity contribution in [1.29, 1.82) is 0 Å². The van der Waals surface area contributed by atoms with Crippen LogP contribution in [0.4, 0.5) is 0 Å². The summed E-state index contributed by atoms with van der Waals surface area (Å²) in [6.45, 7) is 1.08. The zero-order valence-electron chi connectivity index (χ0n) is 11.6. The number of nitrogens with zero attached hydrogens (tertiary/aromatic N) is 2. The fourth-order valence-corrected chi connectivity index (χ4v) is 3.63. The first-order chi connectivity index (χ1) is 10.7. The Labute approximate surface area is 140 Å². The molecule has 0 aliphatic heterocycles. The Morgan fingerprint density at radius 3 is 3.05 bits per heavy atom. The van der Waals surface area contributed by atoms with Gasteiger partial charge in [0.25, 0.3) is 0 Å². The first-order valence-electron chi connectivity index (χ1n) is 6.71. The monoisotopic (exact) mass is 350 g/mol. The van der Waals surface area contributed by atoms with Gasteiger partial charge in [-0.3, -0.25) is 14.5 Å². The van der Waals surface area contributed by atoms with Crippen LogP contribution in [0.5, 0.6) is 0 Å². The lowest BCUT2D eigenvalue weighted by atomic mass is 10.3. The summed E-state index contributed by atoms with van der Waals surface area (Å²) < 4.78 is 2.40. The highest BCUT2D eigenvalue weighted by Gasteiger charge is 2.11. The minimum Gasteiger partial charge on any atom is -0.352 e. The largest absolute Gasteiger partial charge is 0.352 e. The second kappa shape index (κ2) is 6.99. The van der Waals surface area contributed by atoms with Gasteiger partial charge in [0.05, 0.1) is 4.88 Å². The van der Waals surface area contributed by atoms with Crippen molar-refractivity contribution in [3.8, 4) is 10.7 Å². The number of thiophene rings is 2. The van der Waals surface area contributed by atoms with Crippen molar-refractivity contribution >= 4 is 40.8 Å². The zero-order valence-corrected chi connectivity index (χ0v) is 14.1. The molecule has 0 spiro atoms. The Bertz CT molecular complexity index is 787. The number of aromatic nitrogens is 3. The van der Waals surface area contributed by atoms with Gasteiger partial charge in [0.1, 0.15) is 0 Å². The molecule has 8 heteroatoms. The summed E-state index contributed by atoms with van der Waals surface area (Å²) in [4.78, 5) is 13.0. The van der Waals surface area contributed by atoms with Gasteiger partial charge in [-0.15, -0.1) is 11.3 Å². The molecular weight excluding hydrogens is 336 g/mol. The maximum Gasteiger partial charge on any atom is 0.222 e. The number of nitrogens with one attached hydrogen (secondary N) is 2. The molecule has 0 aliphatic carbocycles. The summed E-state index contributed by atoms with van der Waals surface area (Å²) in [6, 6.07) is 5.96. The highest BCUT2D eigenvalue weighted by molar-refractivity contribution is 7.71. The first-order valence-corrected chi connectivity index (χ1v) is 8.94. The fourth-order valence-electron chi connectivity index (χ4n) is 2.01. The van der Waals surface area contributed by atoms with Crippen molar-refractivity contribution in [1.82, 2.24) is 20.1 Å². The SMILES string of the molecule is O=C(CCn1c(-c2cccs2)n[nH]c1=S)NCc1ccsc1. The second-order valence-electron chi connectivity index (χ2n) is 4.64. The fraction of sp³-hybridized carbons (Fsp3) is 0.214. The van der Waals surface area contributed by atoms with Crippen molar-refractivity contribution in [3.05, 3.63) is 44.7 Å². The molecule has 3 heterocycles. The summed E-state index contributed by atoms with van der Waals surface area (Å²) in [5.74, 6) is 0.789. The maximum atomic E-state index is 12.0. The van der Waals surface area contributed by atoms with E-state index in [2.05, 4.69) is 15.5 Å². The zero-order chi connectivity index (χ0) is 15.4. The van der Waals surface area contributed by atoms with Gasteiger partial charge in [-0.25, -0.2) is 0 Å². The predicted octanol–water partition coefficient (Wildman–Crippen LogP) is 3.44. The van der Waals surface area contributed by atoms with Crippen LogP contribution in [0.2, 0.25) is 0 Å². The maximum absolute atomic E-state index is 12.0. The molecule has 0 saturated heterocycles. The van der Waals surface area contributed by atoms with Crippen molar-refractivity contribution in [2.75, 3.05) is 0 Å². The Balaban J connectivity index is 1.61. The molecule has 0 unspecified atom stereocenters. The topological polar surface area (TPSA) is 62.7 Å². The highest BCUT2D eigenvalue weighted by atomic mass is 32.1. The van der Waals surface area contributed by atoms with Crippen LogP contribution < -0.4 is 5.32 Å². The highest BCUT2D eigenvalue weighted by Crippen LogP contribution is 2.22. The molecule has 3 aromatic heterocycles. The van der Waals surface area contributed by atoms with Crippen LogP contribution >= 0.6 is 34.9 Å². The molecule has 0 fully saturated rings. The molecule has 22 heavy (non-hydrogen) atoms. The van der Waals surface area contributed by atoms with Gasteiger partial charge in [-0.1, -0.05) is 6.07 Å². The molecule has 0 aliphatic rings. The molecular formula is C14H14N4OS3. The number of aromatic amines is 1. The molecule has 5 nitrogen and oxygen atoms in total. The standard InChI is InChI=1S/C14H14N4OS3/c19-12(15-8-10-4-7-21-9-10)3-5-18-13(16-17-14(18)20)11-2-1-6-22-11/h1-2,4,6-7,9H,3,5,8H2,(H,15,19)(H,17,20). The third kappa shape index (κ3) is 3.52. The van der Waals surface area contributed by atoms with Crippen molar-refractivity contribution in [2.24, 2.45) is 0 Å². The Kier molecular flexibility index (Phi) is 4.81. The third-order valence-electron chi connectivity index (χ3n) is 3.13. The normalized spacial score (nSPS) is 10.7. The van der Waals surface area contributed by atoms with E-state index in [9.17, 15) is 4.79 Å². The van der Waals surface area contributed by atoms with Crippen LogP contribution in [0.15, 0.2) is 34.3 Å². The van der Waals surface area contributed by atoms with Gasteiger partial charge in [0.2, 0.25) is 5.91 Å². The van der Waals surface area contributed by atoms with Crippen molar-refractivity contribution in [3.63, 3.8) is 0 Å². The van der Waals surface area contributed by atoms with Crippen LogP contribution in [0.1, 0.15) is 12.0 Å². The number of amides is 1. The average molecular weight is 350 g/mol. The van der Waals surface area contributed by atoms with E-state index in [1.165, 1.54) is 0 Å². The summed E-state index contributed by atoms with van der Waals surface area (Å²) in [5.41, 5.74) is 1.12. The molecule has 0 radical (unpaired) electrons. The smallest absolute Gasteiger partial charge is 0.222 e. The number of H-pyrrole nitrogens is 1. The van der Waals surface area contributed by atoms with Gasteiger partial charge in [-0.05, 0) is 46.1 Å². The van der Waals surface area contributed by atoms with Crippen LogP contribution in [-0.2, 0) is 17.9 Å². The van der Waals surface area contributed by atoms with E-state index in [0.29, 0.717) is 24.3 Å². The molecule has 0 aromatic carbocycles. The van der Waals surface area contributed by atoms with E-state index in [0.717, 1.165) is 16.3 Å². The van der Waals surface area contributed by atoms with Crippen molar-refractivity contribution < 1.29 is 4.79 Å². The Morgan fingerprint density at radius 1 is 1.41 bits per heavy atom. The lowest BCUT2D eigenvalue weighted by Crippen LogP contribution is -2.23. The number of hydrogen-bond acceptors (Lipinski definition) is 5. The number of hydrogen-bond donors (Lipinski definition) is 2. The molecule has 3 aromatic rings. The lowest BCUT2D eigenvalue weighted by molar-refractivity contribution is -0.121. The minimum atomic E-state index is 0.00595. The van der Waals surface area contributed by atoms with E-state index in [4.69, 9.17) is 12.2 Å². The van der Waals surface area contributed by atoms with Gasteiger partial charge in [0, 0.05) is 19.5 Å². The predicted molar refractivity (Wildman–Crippen MR) is 91.5 cm³/mol. The third-order valence-corrected chi connectivity index (χ3v) is 5.04. The van der Waals surface area contributed by atoms with E-state index >= 15 is 0 Å². The van der Waals surface area contributed by atoms with Crippen molar-refractivity contribution in [2.45, 2.75) is 19.5 Å². The second-order valence-corrected chi connectivity index (χ2v) is 6.75. The number of carbonyl (C=O) groups is 1. The first kappa shape index (κ1) is 15.1. The van der Waals surface area contributed by atoms with E-state index in [1.54, 1.807) is 22.7 Å². The van der Waals surface area contributed by atoms with Crippen LogP contribution in [0.3, 0.4) is 0 Å². The van der Waals surface area contributed by atoms with Gasteiger partial charge in [-0.2, -0.15) is 16.4 Å². The Hall–Kier alpha value is -1.77. The molecule has 114 valence electrons. The summed E-state index contributed by atoms with van der Waals surface area (Å²) >= 11 is 8.47. The Morgan fingerprint density at radius 2 is 2.32 bits per heavy atom. The molecule has 0 saturated carbocycles. The van der Waals surface area contributed by atoms with E-state index in [1.807, 2.05) is 38.9 Å². The summed E-state index contributed by atoms with van der Waals surface area (Å²) in [7, 11) is 0. The summed E-state index contributed by atoms with van der Waals surface area (Å²) in [5, 5.41) is 16.0. The number of rotatable bonds is 6. The van der Waals surface area contributed by atoms with Crippen LogP contribution in [0.25, 0.3) is 10.7 Å². The van der Waals surface area contributed by atoms with Gasteiger partial charge >= 0.3 is 0 Å². The lowest BCUT2D eigenvalue weighted by Gasteiger charge is -2.06. The molecule has 1 amide bonds. The molecule has 0 bridgehead atoms. The van der Waals surface area contributed by atoms with E-state index < -0.39 is 0 Å². The quantitative estimate of drug-likeness (QED) is 0.670. The average Bonchev–Trinajstić information content (AvgIpc) is 3.25. The van der Waals surface area contributed by atoms with Gasteiger partial charge in [0.15, 0.2) is 10.6 Å². The minimum absolute atomic E-state index is 0.00595. The van der Waals surface area contributed by atoms with E-state index in [-0.39, 0.29) is 5.91 Å². The molecule has 3 rings (SSSR count). The number of carbonyl (C=O) groups excluding carboxylic acids is 1. The van der Waals surface area contributed by atoms with Crippen LogP contribution in [-0.4, -0.2) is 20.7 Å².